The molecule has 0 bridgehead atoms. The smallest absolute Gasteiger partial charge is 0.0416 e. The number of rotatable bonds is 8. The van der Waals surface area contributed by atoms with Crippen molar-refractivity contribution in [2.24, 2.45) is 0 Å². The van der Waals surface area contributed by atoms with E-state index in [2.05, 4.69) is 64.7 Å². The molecule has 0 aliphatic rings. The minimum absolute atomic E-state index is 0.420. The van der Waals surface area contributed by atoms with Crippen molar-refractivity contribution in [2.45, 2.75) is 18.9 Å². The predicted molar refractivity (Wildman–Crippen MR) is 88.3 cm³/mol. The van der Waals surface area contributed by atoms with E-state index >= 15 is 0 Å². The van der Waals surface area contributed by atoms with E-state index in [0.29, 0.717) is 6.04 Å². The van der Waals surface area contributed by atoms with Gasteiger partial charge in [0.1, 0.15) is 0 Å². The fraction of sp³-hybridized carbons (Fsp3) is 0.389. The Labute approximate surface area is 128 Å². The number of nitrogens with one attached hydrogen (secondary N) is 1. The highest BCUT2D eigenvalue weighted by Crippen LogP contribution is 2.16. The highest BCUT2D eigenvalue weighted by molar-refractivity contribution is 5.18. The average Bonchev–Trinajstić information content (AvgIpc) is 2.55. The summed E-state index contributed by atoms with van der Waals surface area (Å²) >= 11 is 0. The Morgan fingerprint density at radius 1 is 1.05 bits per heavy atom. The molecule has 1 N–H and O–H groups in total. The van der Waals surface area contributed by atoms with Crippen LogP contribution in [0.1, 0.15) is 23.7 Å². The Morgan fingerprint density at radius 3 is 2.48 bits per heavy atom. The average molecular weight is 283 g/mol. The van der Waals surface area contributed by atoms with Gasteiger partial charge in [0.15, 0.2) is 0 Å². The molecule has 2 aromatic rings. The lowest BCUT2D eigenvalue weighted by Gasteiger charge is -2.21. The van der Waals surface area contributed by atoms with Gasteiger partial charge in [-0.3, -0.25) is 4.98 Å². The number of aromatic nitrogens is 1. The third-order valence-corrected chi connectivity index (χ3v) is 3.83. The Kier molecular flexibility index (Phi) is 6.38. The van der Waals surface area contributed by atoms with Crippen LogP contribution in [0.2, 0.25) is 0 Å². The molecule has 3 heteroatoms. The van der Waals surface area contributed by atoms with Crippen LogP contribution in [-0.4, -0.2) is 37.1 Å². The molecule has 1 atom stereocenters. The van der Waals surface area contributed by atoms with E-state index in [1.54, 1.807) is 0 Å². The van der Waals surface area contributed by atoms with Crippen molar-refractivity contribution in [1.29, 1.82) is 0 Å². The number of likely N-dealkylation sites (N-methyl/N-ethyl adjacent to an activating group) is 1. The fourth-order valence-corrected chi connectivity index (χ4v) is 2.48. The Hall–Kier alpha value is -1.71. The number of pyridine rings is 1. The van der Waals surface area contributed by atoms with Crippen molar-refractivity contribution < 1.29 is 0 Å². The van der Waals surface area contributed by atoms with Crippen LogP contribution < -0.4 is 5.32 Å². The highest BCUT2D eigenvalue weighted by Gasteiger charge is 2.09. The Morgan fingerprint density at radius 2 is 1.81 bits per heavy atom. The molecule has 1 aromatic heterocycles. The second kappa shape index (κ2) is 8.55. The molecule has 0 radical (unpaired) electrons. The Balaban J connectivity index is 1.76. The van der Waals surface area contributed by atoms with Crippen molar-refractivity contribution in [3.63, 3.8) is 0 Å². The van der Waals surface area contributed by atoms with Gasteiger partial charge < -0.3 is 10.2 Å². The zero-order chi connectivity index (χ0) is 14.9. The van der Waals surface area contributed by atoms with Gasteiger partial charge in [-0.2, -0.15) is 0 Å². The molecule has 0 aliphatic heterocycles. The monoisotopic (exact) mass is 283 g/mol. The summed E-state index contributed by atoms with van der Waals surface area (Å²) in [6, 6.07) is 17.2. The predicted octanol–water partition coefficient (Wildman–Crippen LogP) is 2.91. The van der Waals surface area contributed by atoms with E-state index in [0.717, 1.165) is 31.6 Å². The molecule has 1 unspecified atom stereocenters. The van der Waals surface area contributed by atoms with Crippen LogP contribution >= 0.6 is 0 Å². The maximum atomic E-state index is 4.37. The first-order valence-corrected chi connectivity index (χ1v) is 7.60. The van der Waals surface area contributed by atoms with Crippen LogP contribution in [0.15, 0.2) is 54.7 Å². The van der Waals surface area contributed by atoms with Gasteiger partial charge in [-0.15, -0.1) is 0 Å². The first kappa shape index (κ1) is 15.7. The summed E-state index contributed by atoms with van der Waals surface area (Å²) in [5.41, 5.74) is 2.52. The second-order valence-corrected chi connectivity index (χ2v) is 5.41. The van der Waals surface area contributed by atoms with Crippen molar-refractivity contribution >= 4 is 0 Å². The van der Waals surface area contributed by atoms with E-state index < -0.39 is 0 Å². The quantitative estimate of drug-likeness (QED) is 0.807. The Bertz CT molecular complexity index is 498. The van der Waals surface area contributed by atoms with E-state index in [9.17, 15) is 0 Å². The summed E-state index contributed by atoms with van der Waals surface area (Å²) in [5, 5.41) is 3.41. The van der Waals surface area contributed by atoms with E-state index in [4.69, 9.17) is 0 Å². The molecule has 2 rings (SSSR count). The van der Waals surface area contributed by atoms with Crippen LogP contribution in [0.25, 0.3) is 0 Å². The minimum atomic E-state index is 0.420. The molecule has 1 aromatic carbocycles. The molecule has 0 aliphatic carbocycles. The summed E-state index contributed by atoms with van der Waals surface area (Å²) < 4.78 is 0. The van der Waals surface area contributed by atoms with Crippen LogP contribution in [0, 0.1) is 0 Å². The maximum absolute atomic E-state index is 4.37. The number of nitrogens with zero attached hydrogens (tertiary/aromatic N) is 2. The van der Waals surface area contributed by atoms with Gasteiger partial charge in [-0.1, -0.05) is 36.4 Å². The number of hydrogen-bond acceptors (Lipinski definition) is 3. The lowest BCUT2D eigenvalue weighted by Crippen LogP contribution is -2.27. The minimum Gasteiger partial charge on any atom is -0.313 e. The summed E-state index contributed by atoms with van der Waals surface area (Å²) in [6.45, 7) is 2.12. The molecule has 0 fully saturated rings. The first-order valence-electron chi connectivity index (χ1n) is 7.60. The van der Waals surface area contributed by atoms with Gasteiger partial charge >= 0.3 is 0 Å². The molecule has 1 heterocycles. The van der Waals surface area contributed by atoms with E-state index in [1.807, 2.05) is 19.3 Å². The molecule has 0 amide bonds. The SMILES string of the molecule is CNC(CCN(C)CCc1ccccn1)c1ccccc1. The molecule has 0 spiro atoms. The van der Waals surface area contributed by atoms with Crippen molar-refractivity contribution in [1.82, 2.24) is 15.2 Å². The topological polar surface area (TPSA) is 28.2 Å². The molecule has 3 nitrogen and oxygen atoms in total. The third-order valence-electron chi connectivity index (χ3n) is 3.83. The van der Waals surface area contributed by atoms with Gasteiger partial charge in [0.05, 0.1) is 0 Å². The number of hydrogen-bond donors (Lipinski definition) is 1. The molecular formula is C18H25N3. The zero-order valence-electron chi connectivity index (χ0n) is 13.0. The second-order valence-electron chi connectivity index (χ2n) is 5.41. The van der Waals surface area contributed by atoms with Crippen LogP contribution in [0.3, 0.4) is 0 Å². The lowest BCUT2D eigenvalue weighted by atomic mass is 10.0. The van der Waals surface area contributed by atoms with Crippen LogP contribution in [-0.2, 0) is 6.42 Å². The van der Waals surface area contributed by atoms with Crippen molar-refractivity contribution in [3.05, 3.63) is 66.0 Å². The highest BCUT2D eigenvalue weighted by atomic mass is 15.1. The lowest BCUT2D eigenvalue weighted by molar-refractivity contribution is 0.313. The van der Waals surface area contributed by atoms with Gasteiger partial charge in [0, 0.05) is 30.9 Å². The summed E-state index contributed by atoms with van der Waals surface area (Å²) in [5.74, 6) is 0. The van der Waals surface area contributed by atoms with Gasteiger partial charge in [0.2, 0.25) is 0 Å². The van der Waals surface area contributed by atoms with E-state index in [-0.39, 0.29) is 0 Å². The largest absolute Gasteiger partial charge is 0.313 e. The molecule has 21 heavy (non-hydrogen) atoms. The van der Waals surface area contributed by atoms with Crippen LogP contribution in [0.4, 0.5) is 0 Å². The van der Waals surface area contributed by atoms with Gasteiger partial charge in [-0.25, -0.2) is 0 Å². The summed E-state index contributed by atoms with van der Waals surface area (Å²) in [6.07, 6.45) is 3.98. The number of benzene rings is 1. The molecule has 0 saturated carbocycles. The van der Waals surface area contributed by atoms with Crippen LogP contribution in [0.5, 0.6) is 0 Å². The molecule has 0 saturated heterocycles. The molecule has 112 valence electrons. The standard InChI is InChI=1S/C18H25N3/c1-19-18(16-8-4-3-5-9-16)12-15-21(2)14-11-17-10-6-7-13-20-17/h3-10,13,18-19H,11-12,14-15H2,1-2H3. The zero-order valence-corrected chi connectivity index (χ0v) is 13.0. The maximum Gasteiger partial charge on any atom is 0.0416 e. The normalized spacial score (nSPS) is 12.5. The fourth-order valence-electron chi connectivity index (χ4n) is 2.48. The molecular weight excluding hydrogens is 258 g/mol. The van der Waals surface area contributed by atoms with E-state index in [1.165, 1.54) is 5.56 Å². The summed E-state index contributed by atoms with van der Waals surface area (Å²) in [4.78, 5) is 6.75. The first-order chi connectivity index (χ1) is 10.3. The van der Waals surface area contributed by atoms with Gasteiger partial charge in [0.25, 0.3) is 0 Å². The van der Waals surface area contributed by atoms with Gasteiger partial charge in [-0.05, 0) is 44.8 Å². The third kappa shape index (κ3) is 5.29. The summed E-state index contributed by atoms with van der Waals surface area (Å²) in [7, 11) is 4.21. The van der Waals surface area contributed by atoms with Crippen molar-refractivity contribution in [2.75, 3.05) is 27.2 Å². The van der Waals surface area contributed by atoms with Crippen molar-refractivity contribution in [3.8, 4) is 0 Å².